The summed E-state index contributed by atoms with van der Waals surface area (Å²) < 4.78 is 14.8. The van der Waals surface area contributed by atoms with Gasteiger partial charge in [-0.15, -0.1) is 5.10 Å². The summed E-state index contributed by atoms with van der Waals surface area (Å²) >= 11 is 1.48. The Hall–Kier alpha value is -5.40. The van der Waals surface area contributed by atoms with E-state index in [0.29, 0.717) is 29.4 Å². The van der Waals surface area contributed by atoms with Crippen LogP contribution in [-0.2, 0) is 22.6 Å². The van der Waals surface area contributed by atoms with Crippen molar-refractivity contribution in [2.75, 3.05) is 5.75 Å². The van der Waals surface area contributed by atoms with Crippen LogP contribution in [0.15, 0.2) is 127 Å². The van der Waals surface area contributed by atoms with Gasteiger partial charge in [-0.25, -0.2) is 0 Å². The number of aromatic hydroxyl groups is 1. The van der Waals surface area contributed by atoms with E-state index in [1.165, 1.54) is 11.8 Å². The number of nitrogens with zero attached hydrogens (tertiary/aromatic N) is 5. The normalized spacial score (nSPS) is 17.3. The number of tetrazole rings is 1. The Kier molecular flexibility index (Phi) is 10.2. The van der Waals surface area contributed by atoms with Crippen molar-refractivity contribution in [2.24, 2.45) is 0 Å². The predicted molar refractivity (Wildman–Crippen MR) is 187 cm³/mol. The first-order valence-corrected chi connectivity index (χ1v) is 17.1. The summed E-state index contributed by atoms with van der Waals surface area (Å²) in [6.45, 7) is 0.347. The number of aliphatic hydroxyl groups is 1. The first-order valence-electron chi connectivity index (χ1n) is 16.1. The van der Waals surface area contributed by atoms with Gasteiger partial charge in [-0.05, 0) is 86.8 Å². The summed E-state index contributed by atoms with van der Waals surface area (Å²) in [6, 6.07) is 34.1. The molecule has 6 aromatic rings. The van der Waals surface area contributed by atoms with Crippen LogP contribution in [0.5, 0.6) is 5.75 Å². The van der Waals surface area contributed by atoms with E-state index in [1.54, 1.807) is 53.5 Å². The van der Waals surface area contributed by atoms with Crippen LogP contribution in [0.1, 0.15) is 51.4 Å². The molecule has 50 heavy (non-hydrogen) atoms. The van der Waals surface area contributed by atoms with E-state index in [-0.39, 0.29) is 30.5 Å². The summed E-state index contributed by atoms with van der Waals surface area (Å²) in [5.41, 5.74) is 6.91. The van der Waals surface area contributed by atoms with Crippen LogP contribution in [0.3, 0.4) is 0 Å². The lowest BCUT2D eigenvalue weighted by Crippen LogP contribution is -2.31. The topological polar surface area (TPSA) is 145 Å². The number of phenolic OH excluding ortho intramolecular Hbond substituents is 1. The van der Waals surface area contributed by atoms with E-state index in [0.717, 1.165) is 39.1 Å². The summed E-state index contributed by atoms with van der Waals surface area (Å²) in [4.78, 5) is 16.6. The van der Waals surface area contributed by atoms with E-state index >= 15 is 0 Å². The number of thioether (sulfide) groups is 1. The summed E-state index contributed by atoms with van der Waals surface area (Å²) in [5, 5.41) is 35.1. The molecule has 0 bridgehead atoms. The van der Waals surface area contributed by atoms with Crippen LogP contribution >= 0.6 is 11.8 Å². The molecule has 0 radical (unpaired) electrons. The van der Waals surface area contributed by atoms with Crippen molar-refractivity contribution in [3.8, 4) is 22.6 Å². The average molecular weight is 687 g/mol. The van der Waals surface area contributed by atoms with Crippen LogP contribution in [0, 0.1) is 0 Å². The quantitative estimate of drug-likeness (QED) is 0.135. The molecule has 12 heteroatoms. The van der Waals surface area contributed by atoms with Crippen molar-refractivity contribution < 1.29 is 24.5 Å². The largest absolute Gasteiger partial charge is 0.508 e. The van der Waals surface area contributed by atoms with Gasteiger partial charge in [0, 0.05) is 36.7 Å². The van der Waals surface area contributed by atoms with E-state index in [2.05, 4.69) is 38.0 Å². The van der Waals surface area contributed by atoms with E-state index in [4.69, 9.17) is 9.47 Å². The van der Waals surface area contributed by atoms with Gasteiger partial charge in [0.15, 0.2) is 6.29 Å². The fraction of sp³-hybridized carbons (Fsp3) is 0.184. The lowest BCUT2D eigenvalue weighted by molar-refractivity contribution is -0.245. The summed E-state index contributed by atoms with van der Waals surface area (Å²) in [7, 11) is 0. The molecular weight excluding hydrogens is 653 g/mol. The van der Waals surface area contributed by atoms with Crippen LogP contribution in [0.2, 0.25) is 0 Å². The Morgan fingerprint density at radius 1 is 0.880 bits per heavy atom. The van der Waals surface area contributed by atoms with Gasteiger partial charge in [0.05, 0.1) is 30.1 Å². The zero-order chi connectivity index (χ0) is 34.3. The van der Waals surface area contributed by atoms with Crippen LogP contribution < -0.4 is 5.32 Å². The van der Waals surface area contributed by atoms with Gasteiger partial charge in [-0.1, -0.05) is 72.4 Å². The van der Waals surface area contributed by atoms with Crippen LogP contribution in [0.25, 0.3) is 16.8 Å². The Morgan fingerprint density at radius 3 is 2.46 bits per heavy atom. The number of hydrogen-bond acceptors (Lipinski definition) is 10. The van der Waals surface area contributed by atoms with Crippen LogP contribution in [-0.4, -0.2) is 53.2 Å². The zero-order valence-corrected chi connectivity index (χ0v) is 27.7. The van der Waals surface area contributed by atoms with Gasteiger partial charge < -0.3 is 25.0 Å². The molecule has 0 spiro atoms. The molecule has 3 N–H and O–H groups in total. The number of ether oxygens (including phenoxy) is 2. The number of nitrogens with one attached hydrogen (secondary N) is 1. The fourth-order valence-electron chi connectivity index (χ4n) is 5.72. The number of carbonyl (C=O) groups excluding carboxylic acids is 1. The second kappa shape index (κ2) is 15.4. The first kappa shape index (κ1) is 33.1. The number of carbonyl (C=O) groups is 1. The Balaban J connectivity index is 1.09. The predicted octanol–water partition coefficient (Wildman–Crippen LogP) is 6.19. The van der Waals surface area contributed by atoms with Gasteiger partial charge in [0.25, 0.3) is 5.91 Å². The number of benzene rings is 4. The molecule has 0 unspecified atom stereocenters. The van der Waals surface area contributed by atoms with Crippen molar-refractivity contribution in [3.05, 3.63) is 149 Å². The summed E-state index contributed by atoms with van der Waals surface area (Å²) in [5.74, 6) is 0.552. The van der Waals surface area contributed by atoms with Gasteiger partial charge in [-0.3, -0.25) is 9.78 Å². The highest BCUT2D eigenvalue weighted by molar-refractivity contribution is 7.99. The maximum atomic E-state index is 12.6. The maximum Gasteiger partial charge on any atom is 0.253 e. The number of amides is 1. The molecule has 7 rings (SSSR count). The number of pyridine rings is 1. The SMILES string of the molecule is O=C(NCc1cccc(-c2cccc([C@H]3O[C@@H](CSc4nnnn4-c4ccc(O)cc4)C[C@@H](c4ccc(CO)cc4)O3)c2)c1)c1cccnc1. The standard InChI is InChI=1S/C38H34N6O5S/c45-23-25-9-11-27(12-10-25)35-20-34(24-50-38-41-42-43-44(38)32-13-15-33(46)16-14-32)48-37(49-35)30-7-2-6-29(19-30)28-5-1-4-26(18-28)21-40-36(47)31-8-3-17-39-22-31/h1-19,22,34-35,37,45-46H,20-21,23-24H2,(H,40,47)/t34-,35+,37+/m1/s1. The van der Waals surface area contributed by atoms with Crippen LogP contribution in [0.4, 0.5) is 0 Å². The minimum absolute atomic E-state index is 0.0303. The van der Waals surface area contributed by atoms with E-state index in [9.17, 15) is 15.0 Å². The second-order valence-corrected chi connectivity index (χ2v) is 12.8. The third-order valence-electron chi connectivity index (χ3n) is 8.34. The summed E-state index contributed by atoms with van der Waals surface area (Å²) in [6.07, 6.45) is 2.68. The minimum atomic E-state index is -0.646. The van der Waals surface area contributed by atoms with E-state index in [1.807, 2.05) is 60.7 Å². The molecule has 4 aromatic carbocycles. The molecule has 1 aliphatic rings. The highest BCUT2D eigenvalue weighted by atomic mass is 32.2. The number of aromatic nitrogens is 5. The van der Waals surface area contributed by atoms with Crippen molar-refractivity contribution in [3.63, 3.8) is 0 Å². The lowest BCUT2D eigenvalue weighted by Gasteiger charge is -2.36. The molecule has 1 saturated heterocycles. The van der Waals surface area contributed by atoms with Crippen molar-refractivity contribution in [2.45, 2.75) is 43.2 Å². The number of phenols is 1. The minimum Gasteiger partial charge on any atom is -0.508 e. The Labute approximate surface area is 292 Å². The molecule has 11 nitrogen and oxygen atoms in total. The average Bonchev–Trinajstić information content (AvgIpc) is 3.65. The molecule has 0 aliphatic carbocycles. The molecule has 252 valence electrons. The monoisotopic (exact) mass is 686 g/mol. The molecule has 0 saturated carbocycles. The number of aliphatic hydroxyl groups excluding tert-OH is 1. The smallest absolute Gasteiger partial charge is 0.253 e. The van der Waals surface area contributed by atoms with Gasteiger partial charge >= 0.3 is 0 Å². The number of rotatable bonds is 11. The van der Waals surface area contributed by atoms with Crippen molar-refractivity contribution in [1.82, 2.24) is 30.5 Å². The van der Waals surface area contributed by atoms with Gasteiger partial charge in [0.1, 0.15) is 5.75 Å². The maximum absolute atomic E-state index is 12.6. The van der Waals surface area contributed by atoms with Crippen molar-refractivity contribution >= 4 is 17.7 Å². The zero-order valence-electron chi connectivity index (χ0n) is 26.9. The van der Waals surface area contributed by atoms with E-state index < -0.39 is 6.29 Å². The third kappa shape index (κ3) is 7.90. The molecule has 1 aliphatic heterocycles. The first-order chi connectivity index (χ1) is 24.5. The van der Waals surface area contributed by atoms with Gasteiger partial charge in [0.2, 0.25) is 5.16 Å². The molecule has 2 aromatic heterocycles. The van der Waals surface area contributed by atoms with Crippen molar-refractivity contribution in [1.29, 1.82) is 0 Å². The van der Waals surface area contributed by atoms with Gasteiger partial charge in [-0.2, -0.15) is 4.68 Å². The third-order valence-corrected chi connectivity index (χ3v) is 9.40. The lowest BCUT2D eigenvalue weighted by atomic mass is 9.99. The molecule has 1 amide bonds. The highest BCUT2D eigenvalue weighted by Crippen LogP contribution is 2.40. The molecule has 3 heterocycles. The number of hydrogen-bond donors (Lipinski definition) is 3. The highest BCUT2D eigenvalue weighted by Gasteiger charge is 2.33. The second-order valence-electron chi connectivity index (χ2n) is 11.8. The fourth-order valence-corrected chi connectivity index (χ4v) is 6.63. The Bertz CT molecular complexity index is 2040. The molecule has 1 fully saturated rings. The molecule has 3 atom stereocenters. The Morgan fingerprint density at radius 2 is 1.68 bits per heavy atom. The molecular formula is C38H34N6O5S.